The first-order valence-electron chi connectivity index (χ1n) is 7.13. The Bertz CT molecular complexity index is 492. The van der Waals surface area contributed by atoms with Crippen LogP contribution in [0.5, 0.6) is 0 Å². The number of halogens is 1. The first kappa shape index (κ1) is 19.9. The maximum atomic E-state index is 12.1. The third-order valence-corrected chi connectivity index (χ3v) is 4.87. The average molecular weight is 367 g/mol. The van der Waals surface area contributed by atoms with E-state index in [4.69, 9.17) is 16.3 Å². The van der Waals surface area contributed by atoms with Gasteiger partial charge >= 0.3 is 12.1 Å². The van der Waals surface area contributed by atoms with E-state index < -0.39 is 39.7 Å². The van der Waals surface area contributed by atoms with Crippen molar-refractivity contribution in [2.24, 2.45) is 0 Å². The number of alkyl halides is 1. The average Bonchev–Trinajstić information content (AvgIpc) is 2.64. The van der Waals surface area contributed by atoms with Gasteiger partial charge < -0.3 is 20.1 Å². The van der Waals surface area contributed by atoms with E-state index in [1.165, 1.54) is 16.7 Å². The Balaban J connectivity index is 2.86. The van der Waals surface area contributed by atoms with Crippen molar-refractivity contribution >= 4 is 41.3 Å². The Kier molecular flexibility index (Phi) is 6.20. The summed E-state index contributed by atoms with van der Waals surface area (Å²) >= 11 is 6.92. The molecule has 9 heteroatoms. The lowest BCUT2D eigenvalue weighted by Crippen LogP contribution is -2.53. The Morgan fingerprint density at radius 1 is 1.35 bits per heavy atom. The minimum atomic E-state index is -1.10. The van der Waals surface area contributed by atoms with Gasteiger partial charge in [-0.05, 0) is 34.6 Å². The van der Waals surface area contributed by atoms with E-state index in [9.17, 15) is 19.5 Å². The number of carbonyl (C=O) groups is 3. The summed E-state index contributed by atoms with van der Waals surface area (Å²) in [5.41, 5.74) is -0.637. The second-order valence-corrected chi connectivity index (χ2v) is 8.83. The first-order chi connectivity index (χ1) is 10.4. The van der Waals surface area contributed by atoms with Crippen molar-refractivity contribution in [1.29, 1.82) is 0 Å². The molecule has 1 fully saturated rings. The van der Waals surface area contributed by atoms with E-state index in [0.717, 1.165) is 0 Å². The monoisotopic (exact) mass is 366 g/mol. The minimum absolute atomic E-state index is 0.0788. The molecule has 23 heavy (non-hydrogen) atoms. The molecule has 7 nitrogen and oxygen atoms in total. The molecule has 2 atom stereocenters. The van der Waals surface area contributed by atoms with Crippen molar-refractivity contribution in [1.82, 2.24) is 10.2 Å². The molecular weight excluding hydrogens is 344 g/mol. The number of carboxylic acid groups (broad SMARTS) is 1. The normalized spacial score (nSPS) is 23.5. The van der Waals surface area contributed by atoms with Gasteiger partial charge in [0, 0.05) is 4.75 Å². The van der Waals surface area contributed by atoms with Crippen molar-refractivity contribution in [3.63, 3.8) is 0 Å². The van der Waals surface area contributed by atoms with E-state index in [2.05, 4.69) is 5.32 Å². The highest BCUT2D eigenvalue weighted by Gasteiger charge is 2.53. The molecule has 0 bridgehead atoms. The van der Waals surface area contributed by atoms with E-state index in [1.807, 2.05) is 0 Å². The van der Waals surface area contributed by atoms with Crippen LogP contribution in [0.1, 0.15) is 34.6 Å². The zero-order chi connectivity index (χ0) is 18.0. The molecular formula is C14H23ClN2O5S. The van der Waals surface area contributed by atoms with E-state index in [1.54, 1.807) is 34.6 Å². The molecule has 0 aliphatic carbocycles. The number of alkyl carbamates (subject to hydrolysis) is 1. The van der Waals surface area contributed by atoms with Gasteiger partial charge in [-0.2, -0.15) is 0 Å². The standard InChI is InChI=1S/C14H23ClN2O5S/c1-13(2,3)22-12(21)16-7-9-17(8(18)6-15)10(11(19)20)14(4,5)23-9/h9-10H,6-7H2,1-5H3,(H,16,21)(H,19,20)/t9-,10+/m1/s1. The largest absolute Gasteiger partial charge is 0.480 e. The fourth-order valence-corrected chi connectivity index (χ4v) is 4.09. The second-order valence-electron chi connectivity index (χ2n) is 6.73. The van der Waals surface area contributed by atoms with Gasteiger partial charge in [-0.1, -0.05) is 0 Å². The lowest BCUT2D eigenvalue weighted by molar-refractivity contribution is -0.150. The number of nitrogens with one attached hydrogen (secondary N) is 1. The van der Waals surface area contributed by atoms with Gasteiger partial charge in [0.2, 0.25) is 5.91 Å². The predicted molar refractivity (Wildman–Crippen MR) is 88.7 cm³/mol. The van der Waals surface area contributed by atoms with Gasteiger partial charge in [0.05, 0.1) is 11.9 Å². The van der Waals surface area contributed by atoms with Gasteiger partial charge in [-0.25, -0.2) is 9.59 Å². The molecule has 132 valence electrons. The van der Waals surface area contributed by atoms with Crippen LogP contribution in [0, 0.1) is 0 Å². The Labute approximate surface area is 145 Å². The van der Waals surface area contributed by atoms with Crippen LogP contribution in [0.4, 0.5) is 4.79 Å². The zero-order valence-corrected chi connectivity index (χ0v) is 15.5. The highest BCUT2D eigenvalue weighted by molar-refractivity contribution is 8.01. The number of hydrogen-bond donors (Lipinski definition) is 2. The third-order valence-electron chi connectivity index (χ3n) is 3.14. The topological polar surface area (TPSA) is 95.9 Å². The molecule has 2 amide bonds. The van der Waals surface area contributed by atoms with Crippen molar-refractivity contribution < 1.29 is 24.2 Å². The number of hydrogen-bond acceptors (Lipinski definition) is 5. The Morgan fingerprint density at radius 2 is 1.91 bits per heavy atom. The Hall–Kier alpha value is -1.15. The lowest BCUT2D eigenvalue weighted by Gasteiger charge is -2.29. The number of ether oxygens (including phenoxy) is 1. The molecule has 0 spiro atoms. The van der Waals surface area contributed by atoms with Gasteiger partial charge in [-0.15, -0.1) is 23.4 Å². The number of carbonyl (C=O) groups excluding carboxylic acids is 2. The number of thioether (sulfide) groups is 1. The summed E-state index contributed by atoms with van der Waals surface area (Å²) in [7, 11) is 0. The van der Waals surface area contributed by atoms with Crippen LogP contribution in [-0.4, -0.2) is 62.2 Å². The highest BCUT2D eigenvalue weighted by Crippen LogP contribution is 2.44. The Morgan fingerprint density at radius 3 is 2.35 bits per heavy atom. The van der Waals surface area contributed by atoms with Crippen LogP contribution in [-0.2, 0) is 14.3 Å². The highest BCUT2D eigenvalue weighted by atomic mass is 35.5. The van der Waals surface area contributed by atoms with E-state index in [-0.39, 0.29) is 12.4 Å². The van der Waals surface area contributed by atoms with Gasteiger partial charge in [-0.3, -0.25) is 4.79 Å². The molecule has 0 aromatic rings. The van der Waals surface area contributed by atoms with Crippen LogP contribution in [0.15, 0.2) is 0 Å². The maximum Gasteiger partial charge on any atom is 0.407 e. The van der Waals surface area contributed by atoms with Crippen LogP contribution in [0.25, 0.3) is 0 Å². The third kappa shape index (κ3) is 5.17. The molecule has 1 aliphatic rings. The fraction of sp³-hybridized carbons (Fsp3) is 0.786. The predicted octanol–water partition coefficient (Wildman–Crippen LogP) is 1.88. The summed E-state index contributed by atoms with van der Waals surface area (Å²) in [6.07, 6.45) is -0.618. The molecule has 2 N–H and O–H groups in total. The molecule has 0 aromatic carbocycles. The van der Waals surface area contributed by atoms with E-state index >= 15 is 0 Å². The van der Waals surface area contributed by atoms with Crippen molar-refractivity contribution in [2.75, 3.05) is 12.4 Å². The van der Waals surface area contributed by atoms with Crippen LogP contribution in [0.3, 0.4) is 0 Å². The quantitative estimate of drug-likeness (QED) is 0.737. The minimum Gasteiger partial charge on any atom is -0.480 e. The van der Waals surface area contributed by atoms with Crippen molar-refractivity contribution in [3.05, 3.63) is 0 Å². The van der Waals surface area contributed by atoms with Gasteiger partial charge in [0.15, 0.2) is 0 Å². The molecule has 1 saturated heterocycles. The number of amides is 2. The summed E-state index contributed by atoms with van der Waals surface area (Å²) in [6, 6.07) is -1.01. The fourth-order valence-electron chi connectivity index (χ4n) is 2.39. The van der Waals surface area contributed by atoms with Gasteiger partial charge in [0.1, 0.15) is 17.5 Å². The SMILES string of the molecule is CC(C)(C)OC(=O)NC[C@H]1SC(C)(C)[C@H](C(=O)O)N1C(=O)CCl. The summed E-state index contributed by atoms with van der Waals surface area (Å²) in [6.45, 7) is 8.80. The summed E-state index contributed by atoms with van der Waals surface area (Å²) in [5.74, 6) is -1.89. The molecule has 0 radical (unpaired) electrons. The first-order valence-corrected chi connectivity index (χ1v) is 8.55. The second kappa shape index (κ2) is 7.17. The number of nitrogens with zero attached hydrogens (tertiary/aromatic N) is 1. The molecule has 0 aromatic heterocycles. The number of rotatable bonds is 4. The molecule has 1 aliphatic heterocycles. The molecule has 0 unspecified atom stereocenters. The molecule has 1 heterocycles. The molecule has 0 saturated carbocycles. The smallest absolute Gasteiger partial charge is 0.407 e. The summed E-state index contributed by atoms with van der Waals surface area (Å²) in [5, 5.41) is 11.5. The van der Waals surface area contributed by atoms with E-state index in [0.29, 0.717) is 0 Å². The van der Waals surface area contributed by atoms with Crippen molar-refractivity contribution in [2.45, 2.75) is 56.4 Å². The lowest BCUT2D eigenvalue weighted by atomic mass is 10.0. The summed E-state index contributed by atoms with van der Waals surface area (Å²) in [4.78, 5) is 36.6. The number of aliphatic carboxylic acids is 1. The van der Waals surface area contributed by atoms with Crippen molar-refractivity contribution in [3.8, 4) is 0 Å². The molecule has 1 rings (SSSR count). The summed E-state index contributed by atoms with van der Waals surface area (Å²) < 4.78 is 4.44. The number of carboxylic acids is 1. The zero-order valence-electron chi connectivity index (χ0n) is 13.9. The van der Waals surface area contributed by atoms with Crippen LogP contribution >= 0.6 is 23.4 Å². The maximum absolute atomic E-state index is 12.1. The van der Waals surface area contributed by atoms with Crippen LogP contribution in [0.2, 0.25) is 0 Å². The van der Waals surface area contributed by atoms with Gasteiger partial charge in [0.25, 0.3) is 0 Å². The van der Waals surface area contributed by atoms with Crippen LogP contribution < -0.4 is 5.32 Å².